The summed E-state index contributed by atoms with van der Waals surface area (Å²) in [5.41, 5.74) is 1.33. The van der Waals surface area contributed by atoms with Crippen LogP contribution in [-0.4, -0.2) is 23.7 Å². The molecule has 5 heteroatoms. The number of amides is 1. The summed E-state index contributed by atoms with van der Waals surface area (Å²) in [4.78, 5) is 15.6. The van der Waals surface area contributed by atoms with Crippen LogP contribution >= 0.6 is 11.8 Å². The molecule has 0 spiro atoms. The molecule has 0 aliphatic heterocycles. The van der Waals surface area contributed by atoms with E-state index >= 15 is 0 Å². The molecule has 0 unspecified atom stereocenters. The molecule has 1 amide bonds. The van der Waals surface area contributed by atoms with Gasteiger partial charge in [-0.3, -0.25) is 4.79 Å². The van der Waals surface area contributed by atoms with E-state index in [2.05, 4.69) is 16.4 Å². The Morgan fingerprint density at radius 1 is 1.50 bits per heavy atom. The third kappa shape index (κ3) is 2.60. The number of thioether (sulfide) groups is 1. The monoisotopic (exact) mass is 257 g/mol. The summed E-state index contributed by atoms with van der Waals surface area (Å²) in [6.07, 6.45) is 0. The molecule has 18 heavy (non-hydrogen) atoms. The molecule has 0 atom stereocenters. The zero-order valence-electron chi connectivity index (χ0n) is 9.80. The third-order valence-electron chi connectivity index (χ3n) is 2.43. The SMILES string of the molecule is CNC(=O)CSc1nc2ccccc2cc1C#N. The first-order valence-electron chi connectivity index (χ1n) is 5.38. The smallest absolute Gasteiger partial charge is 0.230 e. The van der Waals surface area contributed by atoms with Crippen molar-refractivity contribution in [1.82, 2.24) is 10.3 Å². The normalized spacial score (nSPS) is 10.0. The Labute approximate surface area is 109 Å². The molecular formula is C13H11N3OS. The van der Waals surface area contributed by atoms with Crippen molar-refractivity contribution in [3.05, 3.63) is 35.9 Å². The minimum atomic E-state index is -0.0844. The maximum atomic E-state index is 11.2. The van der Waals surface area contributed by atoms with Gasteiger partial charge in [0.25, 0.3) is 0 Å². The summed E-state index contributed by atoms with van der Waals surface area (Å²) in [5, 5.41) is 13.2. The van der Waals surface area contributed by atoms with Gasteiger partial charge in [0.05, 0.1) is 16.8 Å². The zero-order chi connectivity index (χ0) is 13.0. The standard InChI is InChI=1S/C13H11N3OS/c1-15-12(17)8-18-13-10(7-14)6-9-4-2-3-5-11(9)16-13/h2-6H,8H2,1H3,(H,15,17). The molecule has 0 fully saturated rings. The Hall–Kier alpha value is -2.06. The average molecular weight is 257 g/mol. The molecule has 0 aliphatic carbocycles. The van der Waals surface area contributed by atoms with E-state index in [1.807, 2.05) is 24.3 Å². The van der Waals surface area contributed by atoms with Crippen molar-refractivity contribution < 1.29 is 4.79 Å². The number of benzene rings is 1. The first-order chi connectivity index (χ1) is 8.74. The molecule has 0 radical (unpaired) electrons. The maximum Gasteiger partial charge on any atom is 0.230 e. The first kappa shape index (κ1) is 12.4. The second-order valence-electron chi connectivity index (χ2n) is 3.61. The molecule has 1 aromatic carbocycles. The van der Waals surface area contributed by atoms with E-state index < -0.39 is 0 Å². The lowest BCUT2D eigenvalue weighted by Crippen LogP contribution is -2.19. The van der Waals surface area contributed by atoms with E-state index in [0.29, 0.717) is 10.6 Å². The Morgan fingerprint density at radius 3 is 3.00 bits per heavy atom. The molecule has 0 aliphatic rings. The second kappa shape index (κ2) is 5.52. The van der Waals surface area contributed by atoms with Crippen LogP contribution in [0.3, 0.4) is 0 Å². The lowest BCUT2D eigenvalue weighted by Gasteiger charge is -2.04. The highest BCUT2D eigenvalue weighted by molar-refractivity contribution is 8.00. The fraction of sp³-hybridized carbons (Fsp3) is 0.154. The minimum absolute atomic E-state index is 0.0844. The van der Waals surface area contributed by atoms with Gasteiger partial charge in [-0.25, -0.2) is 4.98 Å². The van der Waals surface area contributed by atoms with Gasteiger partial charge in [-0.2, -0.15) is 5.26 Å². The van der Waals surface area contributed by atoms with E-state index in [-0.39, 0.29) is 11.7 Å². The number of fused-ring (bicyclic) bond motifs is 1. The Bertz CT molecular complexity index is 634. The van der Waals surface area contributed by atoms with E-state index in [1.165, 1.54) is 11.8 Å². The predicted octanol–water partition coefficient (Wildman–Crippen LogP) is 1.94. The van der Waals surface area contributed by atoms with E-state index in [4.69, 9.17) is 5.26 Å². The van der Waals surface area contributed by atoms with Crippen molar-refractivity contribution in [1.29, 1.82) is 5.26 Å². The van der Waals surface area contributed by atoms with Crippen LogP contribution in [0.2, 0.25) is 0 Å². The fourth-order valence-corrected chi connectivity index (χ4v) is 2.33. The number of para-hydroxylation sites is 1. The zero-order valence-corrected chi connectivity index (χ0v) is 10.6. The lowest BCUT2D eigenvalue weighted by atomic mass is 10.2. The molecule has 4 nitrogen and oxygen atoms in total. The highest BCUT2D eigenvalue weighted by atomic mass is 32.2. The molecule has 0 saturated heterocycles. The molecular weight excluding hydrogens is 246 g/mol. The number of nitrogens with one attached hydrogen (secondary N) is 1. The topological polar surface area (TPSA) is 65.8 Å². The molecule has 2 aromatic rings. The number of rotatable bonds is 3. The van der Waals surface area contributed by atoms with Crippen molar-refractivity contribution in [3.8, 4) is 6.07 Å². The molecule has 1 aromatic heterocycles. The van der Waals surface area contributed by atoms with Gasteiger partial charge in [0.1, 0.15) is 11.1 Å². The van der Waals surface area contributed by atoms with Crippen molar-refractivity contribution in [2.45, 2.75) is 5.03 Å². The molecule has 2 rings (SSSR count). The van der Waals surface area contributed by atoms with Gasteiger partial charge < -0.3 is 5.32 Å². The highest BCUT2D eigenvalue weighted by Crippen LogP contribution is 2.24. The Kier molecular flexibility index (Phi) is 3.80. The van der Waals surface area contributed by atoms with Crippen LogP contribution in [0.25, 0.3) is 10.9 Å². The fourth-order valence-electron chi connectivity index (χ4n) is 1.49. The minimum Gasteiger partial charge on any atom is -0.358 e. The quantitative estimate of drug-likeness (QED) is 0.853. The van der Waals surface area contributed by atoms with Crippen molar-refractivity contribution in [2.75, 3.05) is 12.8 Å². The van der Waals surface area contributed by atoms with Gasteiger partial charge in [0.15, 0.2) is 0 Å². The van der Waals surface area contributed by atoms with E-state index in [9.17, 15) is 4.79 Å². The number of nitriles is 1. The number of carbonyl (C=O) groups is 1. The summed E-state index contributed by atoms with van der Waals surface area (Å²) in [6.45, 7) is 0. The highest BCUT2D eigenvalue weighted by Gasteiger charge is 2.09. The van der Waals surface area contributed by atoms with Crippen molar-refractivity contribution >= 4 is 28.6 Å². The Morgan fingerprint density at radius 2 is 2.28 bits per heavy atom. The van der Waals surface area contributed by atoms with Crippen LogP contribution in [0.5, 0.6) is 0 Å². The van der Waals surface area contributed by atoms with Gasteiger partial charge >= 0.3 is 0 Å². The van der Waals surface area contributed by atoms with Crippen molar-refractivity contribution in [3.63, 3.8) is 0 Å². The van der Waals surface area contributed by atoms with Gasteiger partial charge in [-0.05, 0) is 12.1 Å². The van der Waals surface area contributed by atoms with Gasteiger partial charge in [-0.15, -0.1) is 0 Å². The summed E-state index contributed by atoms with van der Waals surface area (Å²) < 4.78 is 0. The van der Waals surface area contributed by atoms with Crippen LogP contribution < -0.4 is 5.32 Å². The maximum absolute atomic E-state index is 11.2. The number of carbonyl (C=O) groups excluding carboxylic acids is 1. The number of pyridine rings is 1. The second-order valence-corrected chi connectivity index (χ2v) is 4.57. The molecule has 0 bridgehead atoms. The number of hydrogen-bond donors (Lipinski definition) is 1. The van der Waals surface area contributed by atoms with E-state index in [0.717, 1.165) is 10.9 Å². The van der Waals surface area contributed by atoms with Gasteiger partial charge in [-0.1, -0.05) is 30.0 Å². The number of nitrogens with zero attached hydrogens (tertiary/aromatic N) is 2. The summed E-state index contributed by atoms with van der Waals surface area (Å²) in [6, 6.07) is 11.5. The lowest BCUT2D eigenvalue weighted by molar-refractivity contribution is -0.118. The summed E-state index contributed by atoms with van der Waals surface area (Å²) >= 11 is 1.27. The number of aromatic nitrogens is 1. The van der Waals surface area contributed by atoms with E-state index in [1.54, 1.807) is 13.1 Å². The van der Waals surface area contributed by atoms with Crippen molar-refractivity contribution in [2.24, 2.45) is 0 Å². The van der Waals surface area contributed by atoms with Crippen LogP contribution in [0, 0.1) is 11.3 Å². The van der Waals surface area contributed by atoms with Gasteiger partial charge in [0, 0.05) is 12.4 Å². The average Bonchev–Trinajstić information content (AvgIpc) is 2.43. The van der Waals surface area contributed by atoms with Crippen LogP contribution in [-0.2, 0) is 4.79 Å². The predicted molar refractivity (Wildman–Crippen MR) is 71.2 cm³/mol. The van der Waals surface area contributed by atoms with Crippen LogP contribution in [0.4, 0.5) is 0 Å². The third-order valence-corrected chi connectivity index (χ3v) is 3.42. The molecule has 90 valence electrons. The molecule has 1 N–H and O–H groups in total. The Balaban J connectivity index is 2.36. The summed E-state index contributed by atoms with van der Waals surface area (Å²) in [5.74, 6) is 0.176. The largest absolute Gasteiger partial charge is 0.358 e. The number of hydrogen-bond acceptors (Lipinski definition) is 4. The van der Waals surface area contributed by atoms with Crippen LogP contribution in [0.1, 0.15) is 5.56 Å². The van der Waals surface area contributed by atoms with Gasteiger partial charge in [0.2, 0.25) is 5.91 Å². The summed E-state index contributed by atoms with van der Waals surface area (Å²) in [7, 11) is 1.59. The van der Waals surface area contributed by atoms with Crippen LogP contribution in [0.15, 0.2) is 35.4 Å². The molecule has 0 saturated carbocycles. The first-order valence-corrected chi connectivity index (χ1v) is 6.36. The molecule has 1 heterocycles.